The molecule has 0 spiro atoms. The third-order valence-corrected chi connectivity index (χ3v) is 6.02. The summed E-state index contributed by atoms with van der Waals surface area (Å²) in [4.78, 5) is 31.0. The molecular formula is C21H22N6O. The predicted octanol–water partition coefficient (Wildman–Crippen LogP) is 3.05. The molecule has 1 fully saturated rings. The highest BCUT2D eigenvalue weighted by molar-refractivity contribution is 6.07. The van der Waals surface area contributed by atoms with Crippen LogP contribution in [-0.4, -0.2) is 44.6 Å². The highest BCUT2D eigenvalue weighted by Gasteiger charge is 2.52. The molecule has 2 aliphatic rings. The highest BCUT2D eigenvalue weighted by atomic mass is 16.2. The molecule has 142 valence electrons. The number of likely N-dealkylation sites (N-methyl/N-ethyl adjacent to an activating group) is 1. The van der Waals surface area contributed by atoms with Crippen LogP contribution in [-0.2, 0) is 4.79 Å². The molecule has 4 heterocycles. The predicted molar refractivity (Wildman–Crippen MR) is 108 cm³/mol. The summed E-state index contributed by atoms with van der Waals surface area (Å²) >= 11 is 0. The van der Waals surface area contributed by atoms with Gasteiger partial charge in [0.05, 0.1) is 6.20 Å². The molecule has 7 heteroatoms. The zero-order valence-corrected chi connectivity index (χ0v) is 16.0. The summed E-state index contributed by atoms with van der Waals surface area (Å²) in [6, 6.07) is 10.0. The Hall–Kier alpha value is -3.22. The average Bonchev–Trinajstić information content (AvgIpc) is 3.40. The molecule has 0 radical (unpaired) electrons. The van der Waals surface area contributed by atoms with Gasteiger partial charge in [0.1, 0.15) is 17.1 Å². The number of nitrogens with zero attached hydrogens (tertiary/aromatic N) is 6. The minimum Gasteiger partial charge on any atom is -0.340 e. The zero-order chi connectivity index (χ0) is 19.3. The van der Waals surface area contributed by atoms with Crippen molar-refractivity contribution in [3.8, 4) is 17.3 Å². The van der Waals surface area contributed by atoms with E-state index in [9.17, 15) is 4.79 Å². The van der Waals surface area contributed by atoms with E-state index in [1.807, 2.05) is 48.1 Å². The summed E-state index contributed by atoms with van der Waals surface area (Å²) in [6.45, 7) is 2.92. The van der Waals surface area contributed by atoms with E-state index in [4.69, 9.17) is 4.98 Å². The number of carbonyl (C=O) groups is 1. The normalized spacial score (nSPS) is 21.0. The zero-order valence-electron chi connectivity index (χ0n) is 16.0. The molecule has 3 aromatic rings. The van der Waals surface area contributed by atoms with Crippen LogP contribution in [0.3, 0.4) is 0 Å². The van der Waals surface area contributed by atoms with Gasteiger partial charge in [0.2, 0.25) is 5.95 Å². The number of hydrogen-bond donors (Lipinski definition) is 0. The van der Waals surface area contributed by atoms with Crippen molar-refractivity contribution in [2.24, 2.45) is 0 Å². The molecular weight excluding hydrogens is 352 g/mol. The largest absolute Gasteiger partial charge is 0.340 e. The second kappa shape index (κ2) is 6.15. The van der Waals surface area contributed by atoms with E-state index in [2.05, 4.69) is 21.8 Å². The second-order valence-corrected chi connectivity index (χ2v) is 7.37. The average molecular weight is 374 g/mol. The summed E-state index contributed by atoms with van der Waals surface area (Å²) in [5.41, 5.74) is 1.29. The van der Waals surface area contributed by atoms with Crippen molar-refractivity contribution in [2.75, 3.05) is 23.4 Å². The summed E-state index contributed by atoms with van der Waals surface area (Å²) in [5.74, 6) is 2.34. The van der Waals surface area contributed by atoms with Crippen molar-refractivity contribution in [1.82, 2.24) is 19.5 Å². The molecule has 1 unspecified atom stereocenters. The van der Waals surface area contributed by atoms with Gasteiger partial charge in [-0.15, -0.1) is 0 Å². The Bertz CT molecular complexity index is 1050. The number of fused-ring (bicyclic) bond motifs is 3. The summed E-state index contributed by atoms with van der Waals surface area (Å²) < 4.78 is 1.90. The lowest BCUT2D eigenvalue weighted by atomic mass is 9.89. The summed E-state index contributed by atoms with van der Waals surface area (Å²) in [7, 11) is 1.82. The van der Waals surface area contributed by atoms with Crippen molar-refractivity contribution in [1.29, 1.82) is 0 Å². The third kappa shape index (κ3) is 2.22. The van der Waals surface area contributed by atoms with Crippen LogP contribution < -0.4 is 9.80 Å². The lowest BCUT2D eigenvalue weighted by molar-refractivity contribution is -0.123. The Morgan fingerprint density at radius 2 is 2.00 bits per heavy atom. The van der Waals surface area contributed by atoms with Crippen LogP contribution in [0.15, 0.2) is 48.9 Å². The van der Waals surface area contributed by atoms with Crippen molar-refractivity contribution in [3.05, 3.63) is 48.9 Å². The van der Waals surface area contributed by atoms with Crippen LogP contribution in [0.4, 0.5) is 11.5 Å². The van der Waals surface area contributed by atoms with Gasteiger partial charge < -0.3 is 9.80 Å². The van der Waals surface area contributed by atoms with E-state index < -0.39 is 5.54 Å². The van der Waals surface area contributed by atoms with Gasteiger partial charge in [-0.3, -0.25) is 9.36 Å². The van der Waals surface area contributed by atoms with E-state index >= 15 is 0 Å². The number of rotatable bonds is 3. The minimum atomic E-state index is -0.482. The number of carbonyl (C=O) groups excluding carboxylic acids is 1. The van der Waals surface area contributed by atoms with Crippen molar-refractivity contribution in [3.63, 3.8) is 0 Å². The van der Waals surface area contributed by atoms with Crippen molar-refractivity contribution < 1.29 is 4.79 Å². The summed E-state index contributed by atoms with van der Waals surface area (Å²) in [5, 5.41) is 0. The van der Waals surface area contributed by atoms with E-state index in [0.717, 1.165) is 48.7 Å². The van der Waals surface area contributed by atoms with Gasteiger partial charge in [-0.25, -0.2) is 9.97 Å². The molecule has 2 aromatic heterocycles. The first-order valence-corrected chi connectivity index (χ1v) is 9.68. The molecule has 0 aliphatic carbocycles. The van der Waals surface area contributed by atoms with Crippen molar-refractivity contribution in [2.45, 2.75) is 31.7 Å². The first kappa shape index (κ1) is 16.9. The second-order valence-electron chi connectivity index (χ2n) is 7.37. The number of hydrogen-bond acceptors (Lipinski definition) is 5. The number of imidazole rings is 1. The lowest BCUT2D eigenvalue weighted by Gasteiger charge is -2.45. The fraction of sp³-hybridized carbons (Fsp3) is 0.333. The molecule has 1 saturated heterocycles. The first-order valence-electron chi connectivity index (χ1n) is 9.68. The number of anilines is 2. The van der Waals surface area contributed by atoms with Crippen LogP contribution in [0.1, 0.15) is 26.2 Å². The Labute approximate surface area is 163 Å². The number of aromatic nitrogens is 4. The maximum atomic E-state index is 13.1. The fourth-order valence-corrected chi connectivity index (χ4v) is 4.52. The third-order valence-electron chi connectivity index (χ3n) is 6.02. The maximum Gasteiger partial charge on any atom is 0.252 e. The van der Waals surface area contributed by atoms with Crippen LogP contribution in [0.5, 0.6) is 0 Å². The molecule has 7 nitrogen and oxygen atoms in total. The van der Waals surface area contributed by atoms with Gasteiger partial charge in [-0.2, -0.15) is 4.98 Å². The smallest absolute Gasteiger partial charge is 0.252 e. The molecule has 0 saturated carbocycles. The van der Waals surface area contributed by atoms with Gasteiger partial charge in [0.15, 0.2) is 5.82 Å². The van der Waals surface area contributed by atoms with Crippen LogP contribution in [0.2, 0.25) is 0 Å². The van der Waals surface area contributed by atoms with E-state index in [1.165, 1.54) is 0 Å². The van der Waals surface area contributed by atoms with Crippen LogP contribution >= 0.6 is 0 Å². The first-order chi connectivity index (χ1) is 13.7. The molecule has 0 N–H and O–H groups in total. The molecule has 1 amide bonds. The van der Waals surface area contributed by atoms with Crippen molar-refractivity contribution >= 4 is 17.4 Å². The monoisotopic (exact) mass is 374 g/mol. The maximum absolute atomic E-state index is 13.1. The molecule has 1 atom stereocenters. The lowest BCUT2D eigenvalue weighted by Crippen LogP contribution is -2.59. The topological polar surface area (TPSA) is 67.2 Å². The molecule has 2 aliphatic heterocycles. The molecule has 1 aromatic carbocycles. The quantitative estimate of drug-likeness (QED) is 0.705. The van der Waals surface area contributed by atoms with Crippen LogP contribution in [0.25, 0.3) is 17.3 Å². The van der Waals surface area contributed by atoms with Gasteiger partial charge >= 0.3 is 0 Å². The Morgan fingerprint density at radius 3 is 2.79 bits per heavy atom. The molecule has 5 rings (SSSR count). The standard InChI is InChI=1S/C21H22N6O/c1-3-21-10-7-12-27(21)18-16(25(2)19(21)28)14-23-20(24-18)26-13-11-22-17(26)15-8-5-4-6-9-15/h4-6,8-9,11,13-14H,3,7,10,12H2,1-2H3. The Morgan fingerprint density at radius 1 is 1.18 bits per heavy atom. The van der Waals surface area contributed by atoms with Gasteiger partial charge in [0, 0.05) is 31.5 Å². The fourth-order valence-electron chi connectivity index (χ4n) is 4.52. The molecule has 28 heavy (non-hydrogen) atoms. The van der Waals surface area contributed by atoms with Gasteiger partial charge in [0.25, 0.3) is 5.91 Å². The van der Waals surface area contributed by atoms with E-state index in [1.54, 1.807) is 17.3 Å². The Balaban J connectivity index is 1.65. The minimum absolute atomic E-state index is 0.143. The van der Waals surface area contributed by atoms with Gasteiger partial charge in [-0.05, 0) is 19.3 Å². The number of benzene rings is 1. The highest BCUT2D eigenvalue weighted by Crippen LogP contribution is 2.45. The van der Waals surface area contributed by atoms with Crippen LogP contribution in [0, 0.1) is 0 Å². The summed E-state index contributed by atoms with van der Waals surface area (Å²) in [6.07, 6.45) is 8.02. The molecule has 0 bridgehead atoms. The number of amides is 1. The Kier molecular flexibility index (Phi) is 3.72. The van der Waals surface area contributed by atoms with E-state index in [-0.39, 0.29) is 5.91 Å². The van der Waals surface area contributed by atoms with Gasteiger partial charge in [-0.1, -0.05) is 37.3 Å². The SMILES string of the molecule is CCC12CCCN1c1nc(-n3ccnc3-c3ccccc3)ncc1N(C)C2=O. The van der Waals surface area contributed by atoms with E-state index in [0.29, 0.717) is 5.95 Å².